The summed E-state index contributed by atoms with van der Waals surface area (Å²) in [6.07, 6.45) is 1.30. The smallest absolute Gasteiger partial charge is 0.338 e. The summed E-state index contributed by atoms with van der Waals surface area (Å²) in [5.41, 5.74) is 1.80. The van der Waals surface area contributed by atoms with Crippen LogP contribution in [0.1, 0.15) is 33.2 Å². The Labute approximate surface area is 186 Å². The maximum atomic E-state index is 13.1. The summed E-state index contributed by atoms with van der Waals surface area (Å²) in [5.74, 6) is -0.878. The minimum atomic E-state index is -3.91. The van der Waals surface area contributed by atoms with Crippen molar-refractivity contribution in [1.29, 1.82) is 0 Å². The van der Waals surface area contributed by atoms with Crippen molar-refractivity contribution in [3.05, 3.63) is 71.4 Å². The fraction of sp³-hybridized carbons (Fsp3) is 0.227. The van der Waals surface area contributed by atoms with Gasteiger partial charge in [-0.3, -0.25) is 13.8 Å². The van der Waals surface area contributed by atoms with Gasteiger partial charge in [-0.1, -0.05) is 17.7 Å². The summed E-state index contributed by atoms with van der Waals surface area (Å²) in [6.45, 7) is 3.84. The summed E-state index contributed by atoms with van der Waals surface area (Å²) >= 11 is 0. The van der Waals surface area contributed by atoms with Crippen LogP contribution in [0.25, 0.3) is 0 Å². The van der Waals surface area contributed by atoms with Crippen LogP contribution in [0.5, 0.6) is 0 Å². The molecule has 10 heteroatoms. The molecule has 1 heterocycles. The molecule has 1 aromatic heterocycles. The molecule has 0 unspecified atom stereocenters. The Bertz CT molecular complexity index is 1230. The number of nitrogens with zero attached hydrogens (tertiary/aromatic N) is 3. The molecule has 1 N–H and O–H groups in total. The van der Waals surface area contributed by atoms with Crippen LogP contribution in [0, 0.1) is 6.92 Å². The van der Waals surface area contributed by atoms with Crippen LogP contribution in [0.15, 0.2) is 59.6 Å². The van der Waals surface area contributed by atoms with E-state index in [1.165, 1.54) is 42.2 Å². The summed E-state index contributed by atoms with van der Waals surface area (Å²) in [5, 5.41) is 6.77. The van der Waals surface area contributed by atoms with Gasteiger partial charge in [-0.2, -0.15) is 5.10 Å². The molecule has 9 nitrogen and oxygen atoms in total. The number of sulfonamides is 1. The minimum absolute atomic E-state index is 0.0835. The highest BCUT2D eigenvalue weighted by molar-refractivity contribution is 7.92. The van der Waals surface area contributed by atoms with E-state index in [4.69, 9.17) is 4.74 Å². The highest BCUT2D eigenvalue weighted by Gasteiger charge is 2.28. The molecule has 0 aliphatic carbocycles. The van der Waals surface area contributed by atoms with E-state index in [-0.39, 0.29) is 22.9 Å². The topological polar surface area (TPSA) is 111 Å². The number of hydrogen-bond donors (Lipinski definition) is 1. The lowest BCUT2D eigenvalue weighted by atomic mass is 10.2. The second-order valence-corrected chi connectivity index (χ2v) is 9.01. The van der Waals surface area contributed by atoms with E-state index in [2.05, 4.69) is 10.4 Å². The quantitative estimate of drug-likeness (QED) is 0.547. The molecule has 32 heavy (non-hydrogen) atoms. The van der Waals surface area contributed by atoms with Gasteiger partial charge in [0.2, 0.25) is 0 Å². The first-order valence-electron chi connectivity index (χ1n) is 9.81. The van der Waals surface area contributed by atoms with Crippen LogP contribution in [-0.4, -0.2) is 43.7 Å². The lowest BCUT2D eigenvalue weighted by Gasteiger charge is -2.21. The summed E-state index contributed by atoms with van der Waals surface area (Å²) < 4.78 is 33.5. The first-order valence-corrected chi connectivity index (χ1v) is 11.2. The molecular weight excluding hydrogens is 432 g/mol. The number of hydrogen-bond acceptors (Lipinski definition) is 6. The number of aromatic nitrogens is 2. The zero-order chi connectivity index (χ0) is 23.5. The molecule has 0 saturated heterocycles. The third kappa shape index (κ3) is 4.65. The number of amides is 1. The number of aryl methyl sites for hydroxylation is 2. The normalized spacial score (nSPS) is 11.1. The van der Waals surface area contributed by atoms with E-state index in [9.17, 15) is 18.0 Å². The molecule has 0 radical (unpaired) electrons. The number of anilines is 2. The zero-order valence-corrected chi connectivity index (χ0v) is 19.0. The van der Waals surface area contributed by atoms with Gasteiger partial charge in [0.05, 0.1) is 23.3 Å². The summed E-state index contributed by atoms with van der Waals surface area (Å²) in [7, 11) is -0.981. The predicted molar refractivity (Wildman–Crippen MR) is 120 cm³/mol. The van der Waals surface area contributed by atoms with Crippen molar-refractivity contribution in [2.45, 2.75) is 18.7 Å². The third-order valence-corrected chi connectivity index (χ3v) is 6.55. The molecule has 1 amide bonds. The zero-order valence-electron chi connectivity index (χ0n) is 18.2. The van der Waals surface area contributed by atoms with E-state index < -0.39 is 21.9 Å². The average Bonchev–Trinajstić information content (AvgIpc) is 3.15. The van der Waals surface area contributed by atoms with Crippen LogP contribution in [0.2, 0.25) is 0 Å². The van der Waals surface area contributed by atoms with Crippen molar-refractivity contribution in [3.8, 4) is 0 Å². The molecule has 0 aliphatic rings. The Morgan fingerprint density at radius 1 is 1.09 bits per heavy atom. The van der Waals surface area contributed by atoms with E-state index in [1.807, 2.05) is 6.92 Å². The largest absolute Gasteiger partial charge is 0.462 e. The number of benzene rings is 2. The molecule has 168 valence electrons. The molecule has 0 fully saturated rings. The number of carbonyl (C=O) groups is 2. The van der Waals surface area contributed by atoms with Crippen LogP contribution < -0.4 is 9.62 Å². The fourth-order valence-electron chi connectivity index (χ4n) is 3.05. The van der Waals surface area contributed by atoms with Gasteiger partial charge in [-0.25, -0.2) is 13.2 Å². The molecule has 3 rings (SSSR count). The molecule has 0 saturated carbocycles. The molecule has 0 atom stereocenters. The summed E-state index contributed by atoms with van der Waals surface area (Å²) in [6, 6.07) is 12.6. The van der Waals surface area contributed by atoms with Gasteiger partial charge in [-0.15, -0.1) is 0 Å². The van der Waals surface area contributed by atoms with Gasteiger partial charge in [0.15, 0.2) is 5.82 Å². The Morgan fingerprint density at radius 3 is 2.31 bits per heavy atom. The number of nitrogens with one attached hydrogen (secondary N) is 1. The first kappa shape index (κ1) is 23.0. The van der Waals surface area contributed by atoms with Crippen LogP contribution >= 0.6 is 0 Å². The van der Waals surface area contributed by atoms with Gasteiger partial charge in [-0.05, 0) is 50.2 Å². The Morgan fingerprint density at radius 2 is 1.72 bits per heavy atom. The van der Waals surface area contributed by atoms with Crippen molar-refractivity contribution in [2.24, 2.45) is 7.05 Å². The second kappa shape index (κ2) is 9.23. The van der Waals surface area contributed by atoms with Gasteiger partial charge in [0.25, 0.3) is 15.9 Å². The van der Waals surface area contributed by atoms with Gasteiger partial charge in [0.1, 0.15) is 5.56 Å². The minimum Gasteiger partial charge on any atom is -0.462 e. The SMILES string of the molecule is CCOC(=O)c1ccc(NC(=O)c2cnn(C)c2N(C)S(=O)(=O)c2ccc(C)cc2)cc1. The number of ether oxygens (including phenoxy) is 1. The molecule has 2 aromatic carbocycles. The van der Waals surface area contributed by atoms with Crippen molar-refractivity contribution < 1.29 is 22.7 Å². The number of rotatable bonds is 7. The standard InChI is InChI=1S/C22H24N4O5S/c1-5-31-22(28)16-8-10-17(11-9-16)24-20(27)19-14-23-25(3)21(19)26(4)32(29,30)18-12-6-15(2)7-13-18/h6-14H,5H2,1-4H3,(H,24,27). The van der Waals surface area contributed by atoms with Crippen molar-refractivity contribution in [2.75, 3.05) is 23.3 Å². The van der Waals surface area contributed by atoms with E-state index in [0.29, 0.717) is 11.3 Å². The Kier molecular flexibility index (Phi) is 6.64. The monoisotopic (exact) mass is 456 g/mol. The van der Waals surface area contributed by atoms with Gasteiger partial charge >= 0.3 is 5.97 Å². The van der Waals surface area contributed by atoms with Crippen LogP contribution in [0.3, 0.4) is 0 Å². The van der Waals surface area contributed by atoms with Crippen molar-refractivity contribution >= 4 is 33.4 Å². The lowest BCUT2D eigenvalue weighted by molar-refractivity contribution is 0.0526. The predicted octanol–water partition coefficient (Wildman–Crippen LogP) is 2.98. The summed E-state index contributed by atoms with van der Waals surface area (Å²) in [4.78, 5) is 24.8. The fourth-order valence-corrected chi connectivity index (χ4v) is 4.29. The van der Waals surface area contributed by atoms with Gasteiger partial charge in [0, 0.05) is 19.8 Å². The lowest BCUT2D eigenvalue weighted by Crippen LogP contribution is -2.30. The third-order valence-electron chi connectivity index (χ3n) is 4.78. The Balaban J connectivity index is 1.85. The second-order valence-electron chi connectivity index (χ2n) is 7.04. The first-order chi connectivity index (χ1) is 15.1. The maximum absolute atomic E-state index is 13.1. The molecule has 0 aliphatic heterocycles. The highest BCUT2D eigenvalue weighted by atomic mass is 32.2. The van der Waals surface area contributed by atoms with Gasteiger partial charge < -0.3 is 10.1 Å². The maximum Gasteiger partial charge on any atom is 0.338 e. The molecule has 0 bridgehead atoms. The average molecular weight is 457 g/mol. The molecule has 3 aromatic rings. The van der Waals surface area contributed by atoms with Crippen LogP contribution in [0.4, 0.5) is 11.5 Å². The number of carbonyl (C=O) groups excluding carboxylic acids is 2. The highest BCUT2D eigenvalue weighted by Crippen LogP contribution is 2.26. The van der Waals surface area contributed by atoms with E-state index >= 15 is 0 Å². The Hall–Kier alpha value is -3.66. The molecule has 0 spiro atoms. The number of esters is 1. The molecular formula is C22H24N4O5S. The van der Waals surface area contributed by atoms with E-state index in [1.54, 1.807) is 38.2 Å². The van der Waals surface area contributed by atoms with Crippen molar-refractivity contribution in [3.63, 3.8) is 0 Å². The van der Waals surface area contributed by atoms with Crippen molar-refractivity contribution in [1.82, 2.24) is 9.78 Å². The van der Waals surface area contributed by atoms with Crippen LogP contribution in [-0.2, 0) is 21.8 Å². The van der Waals surface area contributed by atoms with E-state index in [0.717, 1.165) is 9.87 Å².